The lowest BCUT2D eigenvalue weighted by atomic mass is 9.85. The highest BCUT2D eigenvalue weighted by Gasteiger charge is 2.23. The Morgan fingerprint density at radius 3 is 2.45 bits per heavy atom. The van der Waals surface area contributed by atoms with E-state index < -0.39 is 0 Å². The fourth-order valence-corrected chi connectivity index (χ4v) is 3.28. The largest absolute Gasteiger partial charge is 0.345 e. The van der Waals surface area contributed by atoms with Crippen LogP contribution in [0.15, 0.2) is 29.5 Å². The molecule has 0 aliphatic heterocycles. The number of nitrogens with zero attached hydrogens (tertiary/aromatic N) is 3. The number of halogens is 1. The van der Waals surface area contributed by atoms with E-state index in [0.717, 1.165) is 45.2 Å². The van der Waals surface area contributed by atoms with E-state index in [1.54, 1.807) is 0 Å². The van der Waals surface area contributed by atoms with E-state index in [1.807, 2.05) is 39.2 Å². The Labute approximate surface area is 172 Å². The van der Waals surface area contributed by atoms with Crippen molar-refractivity contribution in [2.24, 2.45) is 10.9 Å². The molecule has 0 saturated heterocycles. The predicted octanol–water partition coefficient (Wildman–Crippen LogP) is 7.11. The van der Waals surface area contributed by atoms with Gasteiger partial charge in [0.15, 0.2) is 0 Å². The van der Waals surface area contributed by atoms with Crippen LogP contribution in [-0.2, 0) is 0 Å². The van der Waals surface area contributed by atoms with Crippen LogP contribution in [0.2, 0.25) is 0 Å². The van der Waals surface area contributed by atoms with Crippen molar-refractivity contribution >= 4 is 22.4 Å². The number of hydrogen-bond acceptors (Lipinski definition) is 3. The van der Waals surface area contributed by atoms with Gasteiger partial charge in [-0.25, -0.2) is 14.4 Å². The molecule has 1 saturated carbocycles. The predicted molar refractivity (Wildman–Crippen MR) is 120 cm³/mol. The molecule has 0 radical (unpaired) electrons. The zero-order valence-electron chi connectivity index (χ0n) is 18.3. The highest BCUT2D eigenvalue weighted by molar-refractivity contribution is 5.93. The average Bonchev–Trinajstić information content (AvgIpc) is 2.99. The van der Waals surface area contributed by atoms with Gasteiger partial charge in [-0.15, -0.1) is 0 Å². The summed E-state index contributed by atoms with van der Waals surface area (Å²) in [5, 5.41) is 0.921. The first-order chi connectivity index (χ1) is 13.8. The van der Waals surface area contributed by atoms with Gasteiger partial charge in [0.25, 0.3) is 0 Å². The first kappa shape index (κ1) is 21.2. The molecule has 1 aliphatic rings. The highest BCUT2D eigenvalue weighted by atomic mass is 19.1. The molecule has 3 aromatic rings. The number of nitrogens with one attached hydrogen (secondary N) is 1. The monoisotopic (exact) mass is 394 g/mol. The van der Waals surface area contributed by atoms with Gasteiger partial charge < -0.3 is 4.98 Å². The van der Waals surface area contributed by atoms with Gasteiger partial charge in [0.2, 0.25) is 0 Å². The summed E-state index contributed by atoms with van der Waals surface area (Å²) in [6.45, 7) is 12.1. The van der Waals surface area contributed by atoms with Gasteiger partial charge in [0.05, 0.1) is 0 Å². The van der Waals surface area contributed by atoms with Gasteiger partial charge in [-0.1, -0.05) is 27.2 Å². The lowest BCUT2D eigenvalue weighted by Crippen LogP contribution is -2.12. The summed E-state index contributed by atoms with van der Waals surface area (Å²) in [5.74, 6) is 1.93. The van der Waals surface area contributed by atoms with Gasteiger partial charge in [0.1, 0.15) is 23.0 Å². The minimum Gasteiger partial charge on any atom is -0.345 e. The van der Waals surface area contributed by atoms with Crippen LogP contribution >= 0.6 is 0 Å². The third kappa shape index (κ3) is 4.89. The van der Waals surface area contributed by atoms with Crippen LogP contribution in [0.4, 0.5) is 10.1 Å². The van der Waals surface area contributed by atoms with Crippen molar-refractivity contribution in [3.63, 3.8) is 0 Å². The Balaban J connectivity index is 0.000000552. The number of benzene rings is 1. The second-order valence-corrected chi connectivity index (χ2v) is 8.74. The summed E-state index contributed by atoms with van der Waals surface area (Å²) in [6, 6.07) is 3.50. The first-order valence-corrected chi connectivity index (χ1v) is 10.4. The summed E-state index contributed by atoms with van der Waals surface area (Å²) in [5.41, 5.74) is 4.61. The van der Waals surface area contributed by atoms with Crippen molar-refractivity contribution in [1.82, 2.24) is 15.0 Å². The van der Waals surface area contributed by atoms with Crippen LogP contribution < -0.4 is 0 Å². The average molecular weight is 395 g/mol. The molecule has 0 bridgehead atoms. The maximum absolute atomic E-state index is 14.5. The molecule has 154 valence electrons. The Bertz CT molecular complexity index is 999. The first-order valence-electron chi connectivity index (χ1n) is 10.4. The molecule has 0 spiro atoms. The minimum atomic E-state index is -0.308. The van der Waals surface area contributed by atoms with Crippen LogP contribution in [-0.4, -0.2) is 20.7 Å². The summed E-state index contributed by atoms with van der Waals surface area (Å²) < 4.78 is 14.5. The number of aryl methyl sites for hydroxylation is 1. The molecular weight excluding hydrogens is 363 g/mol. The second-order valence-electron chi connectivity index (χ2n) is 8.74. The Kier molecular flexibility index (Phi) is 6.46. The van der Waals surface area contributed by atoms with Gasteiger partial charge >= 0.3 is 0 Å². The van der Waals surface area contributed by atoms with Crippen LogP contribution in [0.5, 0.6) is 0 Å². The summed E-state index contributed by atoms with van der Waals surface area (Å²) in [4.78, 5) is 16.7. The van der Waals surface area contributed by atoms with Gasteiger partial charge in [-0.2, -0.15) is 0 Å². The van der Waals surface area contributed by atoms with Crippen molar-refractivity contribution in [3.05, 3.63) is 41.7 Å². The Hall–Kier alpha value is -2.56. The van der Waals surface area contributed by atoms with E-state index in [-0.39, 0.29) is 5.82 Å². The molecule has 29 heavy (non-hydrogen) atoms. The van der Waals surface area contributed by atoms with Crippen LogP contribution in [0.3, 0.4) is 0 Å². The van der Waals surface area contributed by atoms with E-state index in [1.165, 1.54) is 25.3 Å². The lowest BCUT2D eigenvalue weighted by molar-refractivity contribution is 0.402. The number of aromatic nitrogens is 3. The molecule has 2 heterocycles. The summed E-state index contributed by atoms with van der Waals surface area (Å²) >= 11 is 0. The van der Waals surface area contributed by atoms with E-state index >= 15 is 0 Å². The summed E-state index contributed by atoms with van der Waals surface area (Å²) in [7, 11) is 0. The highest BCUT2D eigenvalue weighted by Crippen LogP contribution is 2.36. The molecule has 0 amide bonds. The zero-order chi connectivity index (χ0) is 21.1. The molecule has 5 heteroatoms. The topological polar surface area (TPSA) is 53.9 Å². The molecule has 1 N–H and O–H groups in total. The van der Waals surface area contributed by atoms with Crippen LogP contribution in [0, 0.1) is 18.7 Å². The van der Waals surface area contributed by atoms with Crippen LogP contribution in [0.25, 0.3) is 22.2 Å². The van der Waals surface area contributed by atoms with Crippen molar-refractivity contribution in [1.29, 1.82) is 0 Å². The number of hydrogen-bond donors (Lipinski definition) is 1. The number of rotatable bonds is 3. The van der Waals surface area contributed by atoms with E-state index in [9.17, 15) is 4.39 Å². The van der Waals surface area contributed by atoms with Crippen molar-refractivity contribution in [2.45, 2.75) is 66.7 Å². The van der Waals surface area contributed by atoms with Gasteiger partial charge in [-0.3, -0.25) is 4.99 Å². The number of aromatic amines is 1. The smallest absolute Gasteiger partial charge is 0.149 e. The van der Waals surface area contributed by atoms with Crippen molar-refractivity contribution in [2.75, 3.05) is 0 Å². The van der Waals surface area contributed by atoms with E-state index in [0.29, 0.717) is 11.6 Å². The number of H-pyrrole nitrogens is 1. The van der Waals surface area contributed by atoms with Crippen LogP contribution in [0.1, 0.15) is 71.2 Å². The number of fused-ring (bicyclic) bond motifs is 1. The molecule has 1 aromatic carbocycles. The Morgan fingerprint density at radius 1 is 1.21 bits per heavy atom. The fourth-order valence-electron chi connectivity index (χ4n) is 3.28. The molecule has 4 nitrogen and oxygen atoms in total. The van der Waals surface area contributed by atoms with E-state index in [2.05, 4.69) is 40.7 Å². The molecule has 0 atom stereocenters. The second kappa shape index (κ2) is 8.85. The Morgan fingerprint density at radius 2 is 1.90 bits per heavy atom. The van der Waals surface area contributed by atoms with Gasteiger partial charge in [-0.05, 0) is 62.8 Å². The molecule has 2 aromatic heterocycles. The zero-order valence-corrected chi connectivity index (χ0v) is 18.3. The van der Waals surface area contributed by atoms with E-state index in [4.69, 9.17) is 0 Å². The molecule has 4 rings (SSSR count). The standard InChI is InChI=1S/C20H21FN4.C4H10/c1-11(2)24-18-12(3)7-14(8-17(18)21)15-9-23-20-16(15)10-22-19(25-20)13-5-4-6-13;1-4(2)3/h7-10,13H,4-6H2,1-3H3,(H,22,23,25);4H,1-3H3. The minimum absolute atomic E-state index is 0.308. The maximum atomic E-state index is 14.5. The SMILES string of the molecule is CC(C)=Nc1c(C)cc(-c2c[nH]c3nc(C4CCC4)ncc23)cc1F.CC(C)C. The molecular formula is C24H31FN4. The quantitative estimate of drug-likeness (QED) is 0.481. The fraction of sp³-hybridized carbons (Fsp3) is 0.458. The van der Waals surface area contributed by atoms with Gasteiger partial charge in [0, 0.05) is 35.0 Å². The third-order valence-electron chi connectivity index (χ3n) is 4.82. The van der Waals surface area contributed by atoms with Crippen molar-refractivity contribution in [3.8, 4) is 11.1 Å². The molecule has 1 aliphatic carbocycles. The molecule has 1 fully saturated rings. The normalized spacial score (nSPS) is 13.8. The maximum Gasteiger partial charge on any atom is 0.149 e. The molecule has 0 unspecified atom stereocenters. The summed E-state index contributed by atoms with van der Waals surface area (Å²) in [6.07, 6.45) is 7.33. The lowest BCUT2D eigenvalue weighted by Gasteiger charge is -2.23. The third-order valence-corrected chi connectivity index (χ3v) is 4.82. The van der Waals surface area contributed by atoms with Crippen molar-refractivity contribution < 1.29 is 4.39 Å². The number of aliphatic imine (C=N–C) groups is 1.